The second kappa shape index (κ2) is 5.24. The van der Waals surface area contributed by atoms with Crippen LogP contribution in [0.15, 0.2) is 6.20 Å². The minimum Gasteiger partial charge on any atom is -0.370 e. The molecule has 1 aromatic heterocycles. The number of nitrogens with two attached hydrogens (primary N) is 1. The molecule has 0 amide bonds. The van der Waals surface area contributed by atoms with Gasteiger partial charge in [-0.05, 0) is 25.7 Å². The predicted molar refractivity (Wildman–Crippen MR) is 62.0 cm³/mol. The van der Waals surface area contributed by atoms with Gasteiger partial charge >= 0.3 is 0 Å². The van der Waals surface area contributed by atoms with Gasteiger partial charge in [-0.2, -0.15) is 0 Å². The number of alkyl halides is 2. The lowest BCUT2D eigenvalue weighted by Crippen LogP contribution is -2.28. The van der Waals surface area contributed by atoms with E-state index >= 15 is 0 Å². The van der Waals surface area contributed by atoms with Crippen molar-refractivity contribution in [3.8, 4) is 0 Å². The normalized spacial score (nSPS) is 18.5. The van der Waals surface area contributed by atoms with Gasteiger partial charge in [-0.25, -0.2) is 18.7 Å². The molecular formula is C12H17F2N3O. The predicted octanol–water partition coefficient (Wildman–Crippen LogP) is 2.29. The van der Waals surface area contributed by atoms with E-state index in [1.165, 1.54) is 6.20 Å². The molecule has 2 N–H and O–H groups in total. The topological polar surface area (TPSA) is 61.0 Å². The van der Waals surface area contributed by atoms with E-state index < -0.39 is 12.0 Å². The van der Waals surface area contributed by atoms with Gasteiger partial charge in [0, 0.05) is 25.4 Å². The molecule has 0 radical (unpaired) electrons. The van der Waals surface area contributed by atoms with Crippen molar-refractivity contribution in [1.82, 2.24) is 9.97 Å². The van der Waals surface area contributed by atoms with Gasteiger partial charge in [-0.1, -0.05) is 0 Å². The van der Waals surface area contributed by atoms with Crippen LogP contribution >= 0.6 is 0 Å². The summed E-state index contributed by atoms with van der Waals surface area (Å²) in [6.07, 6.45) is 2.30. The first-order valence-electron chi connectivity index (χ1n) is 6.02. The van der Waals surface area contributed by atoms with Crippen LogP contribution in [0.2, 0.25) is 0 Å². The fourth-order valence-electron chi connectivity index (χ4n) is 2.45. The Kier molecular flexibility index (Phi) is 3.87. The Morgan fingerprint density at radius 3 is 2.61 bits per heavy atom. The van der Waals surface area contributed by atoms with Gasteiger partial charge in [0.2, 0.25) is 0 Å². The molecule has 1 aliphatic rings. The average molecular weight is 257 g/mol. The summed E-state index contributed by atoms with van der Waals surface area (Å²) in [5.74, 6) is 0.356. The highest BCUT2D eigenvalue weighted by Gasteiger charge is 2.39. The summed E-state index contributed by atoms with van der Waals surface area (Å²) in [5.41, 5.74) is 4.83. The van der Waals surface area contributed by atoms with Crippen molar-refractivity contribution in [2.75, 3.05) is 7.11 Å². The fraction of sp³-hybridized carbons (Fsp3) is 0.667. The van der Waals surface area contributed by atoms with Gasteiger partial charge in [0.1, 0.15) is 11.3 Å². The maximum atomic E-state index is 12.9. The molecule has 0 saturated heterocycles. The van der Waals surface area contributed by atoms with Crippen LogP contribution in [0.3, 0.4) is 0 Å². The van der Waals surface area contributed by atoms with Crippen LogP contribution < -0.4 is 5.73 Å². The lowest BCUT2D eigenvalue weighted by atomic mass is 10.0. The quantitative estimate of drug-likeness (QED) is 0.899. The number of hydrogen-bond donors (Lipinski definition) is 1. The monoisotopic (exact) mass is 257 g/mol. The third-order valence-corrected chi connectivity index (χ3v) is 3.53. The van der Waals surface area contributed by atoms with E-state index in [4.69, 9.17) is 10.5 Å². The number of aromatic nitrogens is 2. The molecule has 0 aliphatic heterocycles. The third-order valence-electron chi connectivity index (χ3n) is 3.53. The molecule has 1 saturated carbocycles. The Labute approximate surface area is 105 Å². The van der Waals surface area contributed by atoms with Crippen molar-refractivity contribution < 1.29 is 13.5 Å². The number of halogens is 2. The Balaban J connectivity index is 2.42. The molecular weight excluding hydrogens is 240 g/mol. The lowest BCUT2D eigenvalue weighted by Gasteiger charge is -2.26. The number of rotatable bonds is 4. The van der Waals surface area contributed by atoms with Gasteiger partial charge in [0.25, 0.3) is 6.43 Å². The molecule has 0 aromatic carbocycles. The van der Waals surface area contributed by atoms with Gasteiger partial charge < -0.3 is 10.5 Å². The van der Waals surface area contributed by atoms with Crippen molar-refractivity contribution >= 4 is 0 Å². The second-order valence-corrected chi connectivity index (χ2v) is 4.51. The number of hydrogen-bond acceptors (Lipinski definition) is 4. The first-order valence-corrected chi connectivity index (χ1v) is 6.02. The van der Waals surface area contributed by atoms with E-state index in [1.807, 2.05) is 0 Å². The van der Waals surface area contributed by atoms with E-state index in [-0.39, 0.29) is 17.8 Å². The summed E-state index contributed by atoms with van der Waals surface area (Å²) < 4.78 is 31.3. The minimum atomic E-state index is -2.64. The summed E-state index contributed by atoms with van der Waals surface area (Å²) in [6.45, 7) is 0.0138. The van der Waals surface area contributed by atoms with Crippen LogP contribution in [0.25, 0.3) is 0 Å². The summed E-state index contributed by atoms with van der Waals surface area (Å²) in [5, 5.41) is 0. The Morgan fingerprint density at radius 2 is 2.11 bits per heavy atom. The molecule has 2 rings (SSSR count). The van der Waals surface area contributed by atoms with Gasteiger partial charge in [0.05, 0.1) is 0 Å². The highest BCUT2D eigenvalue weighted by Crippen LogP contribution is 2.40. The zero-order valence-corrected chi connectivity index (χ0v) is 10.3. The molecule has 0 atom stereocenters. The summed E-state index contributed by atoms with van der Waals surface area (Å²) in [6, 6.07) is 0. The van der Waals surface area contributed by atoms with Crippen LogP contribution in [0.1, 0.15) is 49.2 Å². The van der Waals surface area contributed by atoms with Crippen LogP contribution in [-0.4, -0.2) is 17.1 Å². The average Bonchev–Trinajstić information content (AvgIpc) is 2.87. The molecule has 100 valence electrons. The van der Waals surface area contributed by atoms with Gasteiger partial charge in [-0.3, -0.25) is 0 Å². The zero-order chi connectivity index (χ0) is 13.2. The van der Waals surface area contributed by atoms with Crippen LogP contribution in [0.4, 0.5) is 8.78 Å². The standard InChI is InChI=1S/C12H17F2N3O/c1-18-12(4-2-3-5-12)11-16-7-8(6-15)9(17-11)10(13)14/h7,10H,2-6,15H2,1H3. The highest BCUT2D eigenvalue weighted by molar-refractivity contribution is 5.21. The number of ether oxygens (including phenoxy) is 1. The van der Waals surface area contributed by atoms with E-state index in [0.717, 1.165) is 25.7 Å². The highest BCUT2D eigenvalue weighted by atomic mass is 19.3. The van der Waals surface area contributed by atoms with E-state index in [1.54, 1.807) is 7.11 Å². The van der Waals surface area contributed by atoms with Crippen molar-refractivity contribution in [2.24, 2.45) is 5.73 Å². The number of methoxy groups -OCH3 is 1. The fourth-order valence-corrected chi connectivity index (χ4v) is 2.45. The second-order valence-electron chi connectivity index (χ2n) is 4.51. The van der Waals surface area contributed by atoms with E-state index in [2.05, 4.69) is 9.97 Å². The molecule has 1 aromatic rings. The summed E-state index contributed by atoms with van der Waals surface area (Å²) >= 11 is 0. The van der Waals surface area contributed by atoms with Gasteiger partial charge in [0.15, 0.2) is 5.82 Å². The molecule has 1 heterocycles. The van der Waals surface area contributed by atoms with Crippen LogP contribution in [-0.2, 0) is 16.9 Å². The maximum absolute atomic E-state index is 12.9. The maximum Gasteiger partial charge on any atom is 0.280 e. The largest absolute Gasteiger partial charge is 0.370 e. The SMILES string of the molecule is COC1(c2ncc(CN)c(C(F)F)n2)CCCC1. The molecule has 1 fully saturated rings. The zero-order valence-electron chi connectivity index (χ0n) is 10.3. The van der Waals surface area contributed by atoms with Crippen molar-refractivity contribution in [2.45, 2.75) is 44.3 Å². The van der Waals surface area contributed by atoms with Crippen LogP contribution in [0.5, 0.6) is 0 Å². The first kappa shape index (κ1) is 13.3. The van der Waals surface area contributed by atoms with Gasteiger partial charge in [-0.15, -0.1) is 0 Å². The van der Waals surface area contributed by atoms with Crippen molar-refractivity contribution in [1.29, 1.82) is 0 Å². The molecule has 0 unspecified atom stereocenters. The Morgan fingerprint density at radius 1 is 1.44 bits per heavy atom. The smallest absolute Gasteiger partial charge is 0.280 e. The van der Waals surface area contributed by atoms with Crippen molar-refractivity contribution in [3.63, 3.8) is 0 Å². The Bertz CT molecular complexity index is 420. The third kappa shape index (κ3) is 2.22. The first-order chi connectivity index (χ1) is 8.63. The molecule has 4 nitrogen and oxygen atoms in total. The van der Waals surface area contributed by atoms with Crippen LogP contribution in [0, 0.1) is 0 Å². The van der Waals surface area contributed by atoms with E-state index in [9.17, 15) is 8.78 Å². The molecule has 0 bridgehead atoms. The minimum absolute atomic E-state index is 0.0138. The molecule has 6 heteroatoms. The van der Waals surface area contributed by atoms with E-state index in [0.29, 0.717) is 5.82 Å². The number of nitrogens with zero attached hydrogens (tertiary/aromatic N) is 2. The summed E-state index contributed by atoms with van der Waals surface area (Å²) in [4.78, 5) is 8.17. The Hall–Kier alpha value is -1.14. The van der Waals surface area contributed by atoms with Crippen molar-refractivity contribution in [3.05, 3.63) is 23.3 Å². The summed E-state index contributed by atoms with van der Waals surface area (Å²) in [7, 11) is 1.58. The molecule has 1 aliphatic carbocycles. The molecule has 0 spiro atoms. The lowest BCUT2D eigenvalue weighted by molar-refractivity contribution is -0.0170. The molecule has 18 heavy (non-hydrogen) atoms.